The van der Waals surface area contributed by atoms with Gasteiger partial charge in [-0.3, -0.25) is 0 Å². The van der Waals surface area contributed by atoms with Gasteiger partial charge < -0.3 is 0 Å². The van der Waals surface area contributed by atoms with Crippen LogP contribution in [0, 0.1) is 0 Å². The van der Waals surface area contributed by atoms with Crippen LogP contribution in [0.2, 0.25) is 0 Å². The molecular weight excluding hydrogens is 260 g/mol. The van der Waals surface area contributed by atoms with E-state index in [-0.39, 0.29) is 0 Å². The van der Waals surface area contributed by atoms with Crippen molar-refractivity contribution in [3.63, 3.8) is 0 Å². The first-order valence-electron chi connectivity index (χ1n) is 2.97. The number of hydrogen-bond acceptors (Lipinski definition) is 2. The Hall–Kier alpha value is -0.480. The summed E-state index contributed by atoms with van der Waals surface area (Å²) in [5.41, 5.74) is 0. The molecule has 0 aromatic rings. The second-order valence-corrected chi connectivity index (χ2v) is 3.80. The fraction of sp³-hybridized carbons (Fsp3) is 0.286. The molecule has 0 saturated carbocycles. The monoisotopic (exact) mass is 265 g/mol. The zero-order valence-electron chi connectivity index (χ0n) is 5.50. The molecule has 1 aliphatic carbocycles. The lowest BCUT2D eigenvalue weighted by atomic mass is 10.1. The molecule has 2 atom stereocenters. The van der Waals surface area contributed by atoms with Crippen LogP contribution < -0.4 is 0 Å². The smallest absolute Gasteiger partial charge is 0.236 e. The summed E-state index contributed by atoms with van der Waals surface area (Å²) in [7, 11) is 0. The van der Waals surface area contributed by atoms with E-state index in [9.17, 15) is 9.18 Å². The van der Waals surface area contributed by atoms with Crippen LogP contribution in [0.5, 0.6) is 0 Å². The van der Waals surface area contributed by atoms with E-state index in [0.29, 0.717) is 0 Å². The summed E-state index contributed by atoms with van der Waals surface area (Å²) in [5, 5.41) is 0. The van der Waals surface area contributed by atoms with Gasteiger partial charge in [0.25, 0.3) is 0 Å². The van der Waals surface area contributed by atoms with E-state index >= 15 is 0 Å². The maximum Gasteiger partial charge on any atom is 0.236 e. The molecule has 11 heavy (non-hydrogen) atoms. The third-order valence-electron chi connectivity index (χ3n) is 1.32. The fourth-order valence-electron chi connectivity index (χ4n) is 0.748. The van der Waals surface area contributed by atoms with Crippen LogP contribution in [0.3, 0.4) is 0 Å². The molecule has 0 radical (unpaired) electrons. The summed E-state index contributed by atoms with van der Waals surface area (Å²) in [6.07, 6.45) is 6.24. The second-order valence-electron chi connectivity index (χ2n) is 2.08. The molecule has 1 rings (SSSR count). The molecule has 0 bridgehead atoms. The molecule has 2 nitrogen and oxygen atoms in total. The van der Waals surface area contributed by atoms with E-state index in [0.717, 1.165) is 0 Å². The highest BCUT2D eigenvalue weighted by Gasteiger charge is 2.33. The van der Waals surface area contributed by atoms with Crippen LogP contribution in [-0.4, -0.2) is 15.8 Å². The summed E-state index contributed by atoms with van der Waals surface area (Å²) in [6.45, 7) is 0. The van der Waals surface area contributed by atoms with Crippen LogP contribution in [0.25, 0.3) is 0 Å². The zero-order chi connectivity index (χ0) is 8.32. The van der Waals surface area contributed by atoms with E-state index in [2.05, 4.69) is 4.99 Å². The Morgan fingerprint density at radius 1 is 1.64 bits per heavy atom. The molecule has 4 heteroatoms. The highest BCUT2D eigenvalue weighted by atomic mass is 127. The molecule has 58 valence electrons. The molecule has 0 heterocycles. The number of allylic oxidation sites excluding steroid dienone is 2. The first-order valence-corrected chi connectivity index (χ1v) is 4.05. The van der Waals surface area contributed by atoms with Gasteiger partial charge in [-0.25, -0.2) is 9.18 Å². The number of halogens is 2. The average Bonchev–Trinajstić information content (AvgIpc) is 1.96. The molecule has 0 fully saturated rings. The third-order valence-corrected chi connectivity index (χ3v) is 2.52. The Kier molecular flexibility index (Phi) is 2.57. The molecule has 0 aliphatic heterocycles. The largest absolute Gasteiger partial charge is 0.239 e. The van der Waals surface area contributed by atoms with Crippen molar-refractivity contribution in [1.29, 1.82) is 0 Å². The Morgan fingerprint density at radius 3 is 2.91 bits per heavy atom. The molecule has 0 aromatic carbocycles. The maximum atomic E-state index is 13.0. The van der Waals surface area contributed by atoms with Crippen molar-refractivity contribution in [1.82, 2.24) is 0 Å². The molecule has 1 aliphatic rings. The lowest BCUT2D eigenvalue weighted by Gasteiger charge is -2.20. The van der Waals surface area contributed by atoms with E-state index in [1.54, 1.807) is 34.7 Å². The number of alkyl halides is 2. The minimum Gasteiger partial charge on any atom is -0.239 e. The Bertz CT molecular complexity index is 257. The quantitative estimate of drug-likeness (QED) is 0.234. The molecule has 0 saturated heterocycles. The fourth-order valence-corrected chi connectivity index (χ4v) is 1.26. The second kappa shape index (κ2) is 3.28. The molecule has 0 amide bonds. The van der Waals surface area contributed by atoms with Crippen molar-refractivity contribution in [2.75, 3.05) is 0 Å². The van der Waals surface area contributed by atoms with Crippen LogP contribution in [0.15, 0.2) is 29.3 Å². The van der Waals surface area contributed by atoms with Crippen molar-refractivity contribution in [3.8, 4) is 0 Å². The van der Waals surface area contributed by atoms with Crippen LogP contribution in [-0.2, 0) is 4.79 Å². The number of carbonyl (C=O) groups excluding carboxylic acids is 1. The standard InChI is InChI=1S/C7H5FINO/c8-6-3-1-2-4-7(6,9)10-5-11/h1-4,6H. The number of hydrogen-bond donors (Lipinski definition) is 0. The van der Waals surface area contributed by atoms with Gasteiger partial charge >= 0.3 is 0 Å². The van der Waals surface area contributed by atoms with Crippen LogP contribution in [0.1, 0.15) is 0 Å². The first-order chi connectivity index (χ1) is 5.19. The van der Waals surface area contributed by atoms with E-state index in [1.165, 1.54) is 18.2 Å². The van der Waals surface area contributed by atoms with Crippen molar-refractivity contribution in [2.45, 2.75) is 9.72 Å². The van der Waals surface area contributed by atoms with Gasteiger partial charge in [-0.1, -0.05) is 12.2 Å². The third kappa shape index (κ3) is 1.75. The van der Waals surface area contributed by atoms with Gasteiger partial charge in [0.05, 0.1) is 0 Å². The normalized spacial score (nSPS) is 34.9. The lowest BCUT2D eigenvalue weighted by molar-refractivity contribution is 0.359. The van der Waals surface area contributed by atoms with Crippen LogP contribution >= 0.6 is 22.6 Å². The first kappa shape index (κ1) is 8.62. The predicted molar refractivity (Wildman–Crippen MR) is 48.0 cm³/mol. The average molecular weight is 265 g/mol. The summed E-state index contributed by atoms with van der Waals surface area (Å²) >= 11 is 1.77. The zero-order valence-corrected chi connectivity index (χ0v) is 7.66. The van der Waals surface area contributed by atoms with Crippen LogP contribution in [0.4, 0.5) is 4.39 Å². The Balaban J connectivity index is 2.94. The molecule has 0 spiro atoms. The summed E-state index contributed by atoms with van der Waals surface area (Å²) in [6, 6.07) is 0. The molecule has 2 unspecified atom stereocenters. The molecular formula is C7H5FINO. The highest BCUT2D eigenvalue weighted by Crippen LogP contribution is 2.31. The minimum atomic E-state index is -1.24. The predicted octanol–water partition coefficient (Wildman–Crippen LogP) is 1.92. The van der Waals surface area contributed by atoms with Crippen molar-refractivity contribution >= 4 is 28.7 Å². The topological polar surface area (TPSA) is 29.4 Å². The van der Waals surface area contributed by atoms with E-state index in [4.69, 9.17) is 0 Å². The van der Waals surface area contributed by atoms with Crippen molar-refractivity contribution in [2.24, 2.45) is 4.99 Å². The van der Waals surface area contributed by atoms with Crippen molar-refractivity contribution < 1.29 is 9.18 Å². The molecule has 0 N–H and O–H groups in total. The van der Waals surface area contributed by atoms with Crippen molar-refractivity contribution in [3.05, 3.63) is 24.3 Å². The summed E-state index contributed by atoms with van der Waals surface area (Å²) in [4.78, 5) is 13.3. The summed E-state index contributed by atoms with van der Waals surface area (Å²) in [5.74, 6) is 0. The van der Waals surface area contributed by atoms with Gasteiger partial charge in [0.15, 0.2) is 9.72 Å². The Labute approximate surface area is 77.0 Å². The van der Waals surface area contributed by atoms with Gasteiger partial charge in [0.1, 0.15) is 0 Å². The lowest BCUT2D eigenvalue weighted by Crippen LogP contribution is -2.28. The SMILES string of the molecule is O=C=NC1(I)C=CC=CC1F. The Morgan fingerprint density at radius 2 is 2.36 bits per heavy atom. The number of isocyanates is 1. The van der Waals surface area contributed by atoms with E-state index < -0.39 is 9.72 Å². The van der Waals surface area contributed by atoms with Gasteiger partial charge in [-0.05, 0) is 34.7 Å². The highest BCUT2D eigenvalue weighted by molar-refractivity contribution is 14.1. The molecule has 0 aromatic heterocycles. The van der Waals surface area contributed by atoms with Gasteiger partial charge in [-0.2, -0.15) is 4.99 Å². The van der Waals surface area contributed by atoms with Gasteiger partial charge in [0, 0.05) is 0 Å². The van der Waals surface area contributed by atoms with Gasteiger partial charge in [-0.15, -0.1) is 0 Å². The van der Waals surface area contributed by atoms with E-state index in [1.807, 2.05) is 0 Å². The number of aliphatic imine (C=N–C) groups is 1. The minimum absolute atomic E-state index is 1.08. The summed E-state index contributed by atoms with van der Waals surface area (Å²) < 4.78 is 11.9. The maximum absolute atomic E-state index is 13.0. The van der Waals surface area contributed by atoms with Gasteiger partial charge in [0.2, 0.25) is 6.08 Å². The number of nitrogens with zero attached hydrogens (tertiary/aromatic N) is 1. The number of rotatable bonds is 1.